The van der Waals surface area contributed by atoms with E-state index in [-0.39, 0.29) is 17.9 Å². The second-order valence-corrected chi connectivity index (χ2v) is 7.35. The monoisotopic (exact) mass is 370 g/mol. The van der Waals surface area contributed by atoms with Crippen molar-refractivity contribution in [3.8, 4) is 0 Å². The van der Waals surface area contributed by atoms with Crippen LogP contribution in [0.3, 0.4) is 0 Å². The van der Waals surface area contributed by atoms with Crippen LogP contribution in [0.15, 0.2) is 84.9 Å². The number of aryl methyl sites for hydroxylation is 1. The summed E-state index contributed by atoms with van der Waals surface area (Å²) in [5.74, 6) is -0.366. The SMILES string of the molecule is Cc1ccc([C@H]2N(c3ccccc3)C(=O)[C@]2(C)NC(=O)c2ccccc2)cc1. The first-order chi connectivity index (χ1) is 13.5. The Morgan fingerprint density at radius 2 is 1.46 bits per heavy atom. The van der Waals surface area contributed by atoms with E-state index in [1.165, 1.54) is 0 Å². The molecule has 1 heterocycles. The Hall–Kier alpha value is -3.40. The van der Waals surface area contributed by atoms with Crippen LogP contribution in [0.4, 0.5) is 5.69 Å². The van der Waals surface area contributed by atoms with Crippen LogP contribution in [0.25, 0.3) is 0 Å². The number of para-hydroxylation sites is 1. The van der Waals surface area contributed by atoms with Gasteiger partial charge in [0.05, 0.1) is 6.04 Å². The van der Waals surface area contributed by atoms with E-state index >= 15 is 0 Å². The molecule has 0 spiro atoms. The molecular weight excluding hydrogens is 348 g/mol. The molecule has 2 amide bonds. The molecule has 1 aliphatic heterocycles. The minimum atomic E-state index is -1.02. The molecule has 28 heavy (non-hydrogen) atoms. The number of amides is 2. The molecule has 0 aliphatic carbocycles. The Morgan fingerprint density at radius 3 is 2.07 bits per heavy atom. The van der Waals surface area contributed by atoms with Gasteiger partial charge in [0.1, 0.15) is 5.54 Å². The number of β-lactam (4-membered cyclic amide) rings is 1. The summed E-state index contributed by atoms with van der Waals surface area (Å²) >= 11 is 0. The van der Waals surface area contributed by atoms with Crippen molar-refractivity contribution in [2.75, 3.05) is 4.90 Å². The number of carbonyl (C=O) groups is 2. The van der Waals surface area contributed by atoms with Gasteiger partial charge in [0.15, 0.2) is 0 Å². The number of nitrogens with zero attached hydrogens (tertiary/aromatic N) is 1. The van der Waals surface area contributed by atoms with E-state index in [9.17, 15) is 9.59 Å². The third-order valence-electron chi connectivity index (χ3n) is 5.30. The molecule has 3 aromatic carbocycles. The third-order valence-corrected chi connectivity index (χ3v) is 5.30. The number of hydrogen-bond donors (Lipinski definition) is 1. The van der Waals surface area contributed by atoms with Crippen molar-refractivity contribution in [2.45, 2.75) is 25.4 Å². The molecule has 4 heteroatoms. The lowest BCUT2D eigenvalue weighted by Crippen LogP contribution is -2.74. The Kier molecular flexibility index (Phi) is 4.47. The molecule has 1 saturated heterocycles. The molecule has 4 nitrogen and oxygen atoms in total. The van der Waals surface area contributed by atoms with E-state index in [2.05, 4.69) is 5.32 Å². The first-order valence-electron chi connectivity index (χ1n) is 9.33. The van der Waals surface area contributed by atoms with E-state index < -0.39 is 5.54 Å². The first-order valence-corrected chi connectivity index (χ1v) is 9.33. The van der Waals surface area contributed by atoms with Gasteiger partial charge in [-0.25, -0.2) is 0 Å². The van der Waals surface area contributed by atoms with Gasteiger partial charge < -0.3 is 5.32 Å². The Labute approximate surface area is 164 Å². The molecule has 2 atom stereocenters. The molecule has 0 aromatic heterocycles. The van der Waals surface area contributed by atoms with Gasteiger partial charge in [-0.3, -0.25) is 14.5 Å². The molecule has 4 rings (SSSR count). The lowest BCUT2D eigenvalue weighted by Gasteiger charge is -2.54. The summed E-state index contributed by atoms with van der Waals surface area (Å²) in [7, 11) is 0. The molecule has 1 fully saturated rings. The van der Waals surface area contributed by atoms with Crippen LogP contribution in [-0.4, -0.2) is 17.4 Å². The summed E-state index contributed by atoms with van der Waals surface area (Å²) in [6, 6.07) is 26.4. The second-order valence-electron chi connectivity index (χ2n) is 7.35. The standard InChI is InChI=1S/C24H22N2O2/c1-17-13-15-18(16-14-17)21-24(2,25-22(27)19-9-5-3-6-10-19)23(28)26(21)20-11-7-4-8-12-20/h3-16,21H,1-2H3,(H,25,27)/t21-,24-/m1/s1. The zero-order valence-electron chi connectivity index (χ0n) is 15.9. The smallest absolute Gasteiger partial charge is 0.255 e. The predicted octanol–water partition coefficient (Wildman–Crippen LogP) is 4.27. The van der Waals surface area contributed by atoms with Gasteiger partial charge in [-0.1, -0.05) is 66.2 Å². The van der Waals surface area contributed by atoms with Gasteiger partial charge in [0.25, 0.3) is 11.8 Å². The van der Waals surface area contributed by atoms with Gasteiger partial charge in [-0.2, -0.15) is 0 Å². The summed E-state index contributed by atoms with van der Waals surface area (Å²) in [4.78, 5) is 27.8. The molecule has 1 N–H and O–H groups in total. The Balaban J connectivity index is 1.71. The largest absolute Gasteiger partial charge is 0.336 e. The van der Waals surface area contributed by atoms with E-state index in [0.29, 0.717) is 5.56 Å². The van der Waals surface area contributed by atoms with E-state index in [4.69, 9.17) is 0 Å². The van der Waals surface area contributed by atoms with Crippen LogP contribution in [0.5, 0.6) is 0 Å². The normalized spacial score (nSPS) is 21.1. The highest BCUT2D eigenvalue weighted by atomic mass is 16.2. The number of rotatable bonds is 4. The van der Waals surface area contributed by atoms with Crippen LogP contribution in [0.2, 0.25) is 0 Å². The maximum absolute atomic E-state index is 13.2. The van der Waals surface area contributed by atoms with Crippen molar-refractivity contribution >= 4 is 17.5 Å². The highest BCUT2D eigenvalue weighted by Gasteiger charge is 2.59. The lowest BCUT2D eigenvalue weighted by atomic mass is 9.75. The van der Waals surface area contributed by atoms with E-state index in [0.717, 1.165) is 16.8 Å². The summed E-state index contributed by atoms with van der Waals surface area (Å²) in [6.07, 6.45) is 0. The van der Waals surface area contributed by atoms with Gasteiger partial charge in [-0.15, -0.1) is 0 Å². The van der Waals surface area contributed by atoms with Gasteiger partial charge in [0.2, 0.25) is 0 Å². The third kappa shape index (κ3) is 2.97. The molecule has 0 unspecified atom stereocenters. The number of carbonyl (C=O) groups excluding carboxylic acids is 2. The van der Waals surface area contributed by atoms with Gasteiger partial charge in [-0.05, 0) is 43.7 Å². The summed E-state index contributed by atoms with van der Waals surface area (Å²) in [6.45, 7) is 3.83. The Morgan fingerprint density at radius 1 is 0.893 bits per heavy atom. The number of hydrogen-bond acceptors (Lipinski definition) is 2. The quantitative estimate of drug-likeness (QED) is 0.697. The van der Waals surface area contributed by atoms with Crippen molar-refractivity contribution < 1.29 is 9.59 Å². The maximum atomic E-state index is 13.2. The van der Waals surface area contributed by atoms with Crippen LogP contribution < -0.4 is 10.2 Å². The second kappa shape index (κ2) is 6.97. The minimum absolute atomic E-state index is 0.117. The highest BCUT2D eigenvalue weighted by Crippen LogP contribution is 2.46. The van der Waals surface area contributed by atoms with Gasteiger partial charge >= 0.3 is 0 Å². The lowest BCUT2D eigenvalue weighted by molar-refractivity contribution is -0.133. The average Bonchev–Trinajstić information content (AvgIpc) is 2.73. The van der Waals surface area contributed by atoms with Crippen LogP contribution >= 0.6 is 0 Å². The molecule has 0 saturated carbocycles. The van der Waals surface area contributed by atoms with Crippen LogP contribution in [-0.2, 0) is 4.79 Å². The fraction of sp³-hybridized carbons (Fsp3) is 0.167. The zero-order chi connectivity index (χ0) is 19.7. The van der Waals surface area contributed by atoms with Crippen molar-refractivity contribution in [1.29, 1.82) is 0 Å². The van der Waals surface area contributed by atoms with Crippen LogP contribution in [0.1, 0.15) is 34.5 Å². The van der Waals surface area contributed by atoms with Gasteiger partial charge in [0, 0.05) is 11.3 Å². The Bertz CT molecular complexity index is 1000. The van der Waals surface area contributed by atoms with E-state index in [1.807, 2.05) is 79.7 Å². The highest BCUT2D eigenvalue weighted by molar-refractivity contribution is 6.12. The summed E-state index contributed by atoms with van der Waals surface area (Å²) in [5.41, 5.74) is 2.49. The predicted molar refractivity (Wildman–Crippen MR) is 110 cm³/mol. The fourth-order valence-corrected chi connectivity index (χ4v) is 3.78. The topological polar surface area (TPSA) is 49.4 Å². The maximum Gasteiger partial charge on any atom is 0.255 e. The summed E-state index contributed by atoms with van der Waals surface area (Å²) < 4.78 is 0. The minimum Gasteiger partial charge on any atom is -0.336 e. The average molecular weight is 370 g/mol. The molecule has 0 radical (unpaired) electrons. The van der Waals surface area contributed by atoms with Crippen molar-refractivity contribution in [2.24, 2.45) is 0 Å². The molecule has 1 aliphatic rings. The van der Waals surface area contributed by atoms with Crippen molar-refractivity contribution in [3.63, 3.8) is 0 Å². The fourth-order valence-electron chi connectivity index (χ4n) is 3.78. The van der Waals surface area contributed by atoms with Crippen molar-refractivity contribution in [1.82, 2.24) is 5.32 Å². The molecule has 3 aromatic rings. The first kappa shape index (κ1) is 18.0. The molecule has 140 valence electrons. The summed E-state index contributed by atoms with van der Waals surface area (Å²) in [5, 5.41) is 2.99. The molecular formula is C24H22N2O2. The number of anilines is 1. The zero-order valence-corrected chi connectivity index (χ0v) is 15.9. The number of nitrogens with one attached hydrogen (secondary N) is 1. The van der Waals surface area contributed by atoms with Crippen molar-refractivity contribution in [3.05, 3.63) is 102 Å². The van der Waals surface area contributed by atoms with Crippen LogP contribution in [0, 0.1) is 6.92 Å². The molecule has 0 bridgehead atoms. The van der Waals surface area contributed by atoms with E-state index in [1.54, 1.807) is 24.0 Å². The number of benzene rings is 3.